The summed E-state index contributed by atoms with van der Waals surface area (Å²) in [5.74, 6) is 0. The second-order valence-corrected chi connectivity index (χ2v) is 4.48. The molecule has 1 saturated heterocycles. The fourth-order valence-corrected chi connectivity index (χ4v) is 2.37. The predicted molar refractivity (Wildman–Crippen MR) is 45.3 cm³/mol. The van der Waals surface area contributed by atoms with Gasteiger partial charge < -0.3 is 4.74 Å². The molecule has 1 fully saturated rings. The monoisotopic (exact) mass is 218 g/mol. The molecule has 10 heavy (non-hydrogen) atoms. The van der Waals surface area contributed by atoms with E-state index in [9.17, 15) is 0 Å². The van der Waals surface area contributed by atoms with Crippen LogP contribution in [0.3, 0.4) is 0 Å². The van der Waals surface area contributed by atoms with E-state index in [0.717, 1.165) is 11.1 Å². The third-order valence-electron chi connectivity index (χ3n) is 1.67. The lowest BCUT2D eigenvalue weighted by Crippen LogP contribution is -1.96. The zero-order valence-electron chi connectivity index (χ0n) is 5.56. The molecule has 0 spiro atoms. The summed E-state index contributed by atoms with van der Waals surface area (Å²) in [7, 11) is 0. The first-order valence-electron chi connectivity index (χ1n) is 3.09. The molecule has 0 saturated carbocycles. The summed E-state index contributed by atoms with van der Waals surface area (Å²) in [4.78, 5) is 1.32. The Labute approximate surface area is 72.1 Å². The Hall–Kier alpha value is 0.140. The standard InChI is InChI=1S/C7H7BrOS/c1-7(4-9-7)6-2-5(8)3-10-6/h2-3H,4H2,1H3. The maximum Gasteiger partial charge on any atom is 0.123 e. The molecule has 0 radical (unpaired) electrons. The van der Waals surface area contributed by atoms with Gasteiger partial charge in [0.15, 0.2) is 0 Å². The summed E-state index contributed by atoms with van der Waals surface area (Å²) in [6.07, 6.45) is 0. The Kier molecular flexibility index (Phi) is 1.41. The largest absolute Gasteiger partial charge is 0.364 e. The molecule has 2 heterocycles. The molecular formula is C7H7BrOS. The van der Waals surface area contributed by atoms with Crippen molar-refractivity contribution in [3.05, 3.63) is 20.8 Å². The first-order valence-corrected chi connectivity index (χ1v) is 4.76. The molecule has 0 amide bonds. The minimum absolute atomic E-state index is 0.0523. The van der Waals surface area contributed by atoms with Gasteiger partial charge in [0.25, 0.3) is 0 Å². The average molecular weight is 219 g/mol. The van der Waals surface area contributed by atoms with E-state index in [2.05, 4.69) is 34.3 Å². The second kappa shape index (κ2) is 2.06. The number of rotatable bonds is 1. The van der Waals surface area contributed by atoms with Gasteiger partial charge in [-0.3, -0.25) is 0 Å². The minimum Gasteiger partial charge on any atom is -0.364 e. The van der Waals surface area contributed by atoms with Gasteiger partial charge in [-0.2, -0.15) is 0 Å². The fraction of sp³-hybridized carbons (Fsp3) is 0.429. The molecule has 2 rings (SSSR count). The van der Waals surface area contributed by atoms with Crippen LogP contribution in [-0.2, 0) is 10.3 Å². The molecule has 54 valence electrons. The van der Waals surface area contributed by atoms with E-state index in [4.69, 9.17) is 4.74 Å². The molecule has 1 aliphatic heterocycles. The lowest BCUT2D eigenvalue weighted by Gasteiger charge is -1.97. The highest BCUT2D eigenvalue weighted by Crippen LogP contribution is 2.41. The van der Waals surface area contributed by atoms with Crippen molar-refractivity contribution in [3.63, 3.8) is 0 Å². The molecule has 1 aromatic heterocycles. The van der Waals surface area contributed by atoms with Crippen molar-refractivity contribution in [1.82, 2.24) is 0 Å². The molecule has 1 aliphatic rings. The Bertz CT molecular complexity index is 252. The summed E-state index contributed by atoms with van der Waals surface area (Å²) >= 11 is 5.15. The van der Waals surface area contributed by atoms with Gasteiger partial charge in [0.1, 0.15) is 5.60 Å². The summed E-state index contributed by atoms with van der Waals surface area (Å²) in [5, 5.41) is 2.09. The van der Waals surface area contributed by atoms with Crippen LogP contribution in [0, 0.1) is 0 Å². The van der Waals surface area contributed by atoms with Crippen molar-refractivity contribution >= 4 is 27.3 Å². The quantitative estimate of drug-likeness (QED) is 0.661. The molecule has 0 bridgehead atoms. The van der Waals surface area contributed by atoms with E-state index in [1.165, 1.54) is 4.88 Å². The Morgan fingerprint density at radius 2 is 2.50 bits per heavy atom. The smallest absolute Gasteiger partial charge is 0.123 e. The number of thiophene rings is 1. The first kappa shape index (κ1) is 6.83. The lowest BCUT2D eigenvalue weighted by atomic mass is 10.2. The average Bonchev–Trinajstić information content (AvgIpc) is 2.45. The Morgan fingerprint density at radius 3 is 2.90 bits per heavy atom. The van der Waals surface area contributed by atoms with Gasteiger partial charge in [-0.25, -0.2) is 0 Å². The number of epoxide rings is 1. The number of hydrogen-bond donors (Lipinski definition) is 0. The SMILES string of the molecule is CC1(c2cc(Br)cs2)CO1. The van der Waals surface area contributed by atoms with Crippen LogP contribution in [0.4, 0.5) is 0 Å². The van der Waals surface area contributed by atoms with Crippen LogP contribution in [0.5, 0.6) is 0 Å². The van der Waals surface area contributed by atoms with Crippen molar-refractivity contribution in [2.45, 2.75) is 12.5 Å². The van der Waals surface area contributed by atoms with E-state index in [1.807, 2.05) is 0 Å². The molecule has 1 unspecified atom stereocenters. The van der Waals surface area contributed by atoms with Crippen molar-refractivity contribution < 1.29 is 4.74 Å². The van der Waals surface area contributed by atoms with E-state index in [1.54, 1.807) is 11.3 Å². The zero-order chi connectivity index (χ0) is 7.19. The van der Waals surface area contributed by atoms with E-state index in [0.29, 0.717) is 0 Å². The molecule has 3 heteroatoms. The van der Waals surface area contributed by atoms with E-state index < -0.39 is 0 Å². The van der Waals surface area contributed by atoms with Crippen molar-refractivity contribution in [3.8, 4) is 0 Å². The number of halogens is 1. The Balaban J connectivity index is 2.34. The number of ether oxygens (including phenoxy) is 1. The van der Waals surface area contributed by atoms with Crippen LogP contribution in [0.15, 0.2) is 15.9 Å². The molecule has 1 nitrogen and oxygen atoms in total. The van der Waals surface area contributed by atoms with Crippen molar-refractivity contribution in [2.24, 2.45) is 0 Å². The van der Waals surface area contributed by atoms with Gasteiger partial charge in [-0.15, -0.1) is 11.3 Å². The van der Waals surface area contributed by atoms with Crippen LogP contribution in [0.25, 0.3) is 0 Å². The highest BCUT2D eigenvalue weighted by Gasteiger charge is 2.42. The van der Waals surface area contributed by atoms with Gasteiger partial charge in [0.2, 0.25) is 0 Å². The minimum atomic E-state index is 0.0523. The summed E-state index contributed by atoms with van der Waals surface area (Å²) in [6.45, 7) is 2.99. The van der Waals surface area contributed by atoms with Crippen molar-refractivity contribution in [1.29, 1.82) is 0 Å². The molecule has 1 aromatic rings. The third kappa shape index (κ3) is 1.02. The molecule has 1 atom stereocenters. The fourth-order valence-electron chi connectivity index (χ4n) is 0.841. The van der Waals surface area contributed by atoms with Gasteiger partial charge >= 0.3 is 0 Å². The Morgan fingerprint density at radius 1 is 1.80 bits per heavy atom. The van der Waals surface area contributed by atoms with Crippen molar-refractivity contribution in [2.75, 3.05) is 6.61 Å². The second-order valence-electron chi connectivity index (χ2n) is 2.65. The highest BCUT2D eigenvalue weighted by atomic mass is 79.9. The maximum absolute atomic E-state index is 5.28. The van der Waals surface area contributed by atoms with E-state index in [-0.39, 0.29) is 5.60 Å². The predicted octanol–water partition coefficient (Wildman–Crippen LogP) is 2.76. The summed E-state index contributed by atoms with van der Waals surface area (Å²) < 4.78 is 6.44. The van der Waals surface area contributed by atoms with Gasteiger partial charge in [0, 0.05) is 14.7 Å². The topological polar surface area (TPSA) is 12.5 Å². The van der Waals surface area contributed by atoms with E-state index >= 15 is 0 Å². The number of hydrogen-bond acceptors (Lipinski definition) is 2. The third-order valence-corrected chi connectivity index (χ3v) is 3.60. The van der Waals surface area contributed by atoms with Crippen LogP contribution >= 0.6 is 27.3 Å². The van der Waals surface area contributed by atoms with Crippen LogP contribution in [0.2, 0.25) is 0 Å². The first-order chi connectivity index (χ1) is 4.71. The lowest BCUT2D eigenvalue weighted by molar-refractivity contribution is 0.333. The van der Waals surface area contributed by atoms with Crippen LogP contribution in [-0.4, -0.2) is 6.61 Å². The van der Waals surface area contributed by atoms with Gasteiger partial charge in [-0.1, -0.05) is 0 Å². The molecule has 0 aromatic carbocycles. The molecule has 0 aliphatic carbocycles. The highest BCUT2D eigenvalue weighted by molar-refractivity contribution is 9.10. The zero-order valence-corrected chi connectivity index (χ0v) is 7.96. The maximum atomic E-state index is 5.28. The summed E-state index contributed by atoms with van der Waals surface area (Å²) in [5.41, 5.74) is 0.0523. The van der Waals surface area contributed by atoms with Crippen LogP contribution in [0.1, 0.15) is 11.8 Å². The van der Waals surface area contributed by atoms with Gasteiger partial charge in [0.05, 0.1) is 6.61 Å². The summed E-state index contributed by atoms with van der Waals surface area (Å²) in [6, 6.07) is 2.12. The van der Waals surface area contributed by atoms with Gasteiger partial charge in [-0.05, 0) is 28.9 Å². The van der Waals surface area contributed by atoms with Crippen LogP contribution < -0.4 is 0 Å². The molecular weight excluding hydrogens is 212 g/mol. The molecule has 0 N–H and O–H groups in total. The normalized spacial score (nSPS) is 30.6.